The quantitative estimate of drug-likeness (QED) is 0.127. The van der Waals surface area contributed by atoms with Crippen molar-refractivity contribution >= 4 is 33.8 Å². The molecular weight excluding hydrogens is 599 g/mol. The average Bonchev–Trinajstić information content (AvgIpc) is 3.49. The molecule has 0 saturated heterocycles. The molecule has 0 amide bonds. The molecule has 0 fully saturated rings. The van der Waals surface area contributed by atoms with E-state index in [1.807, 2.05) is 0 Å². The van der Waals surface area contributed by atoms with E-state index < -0.39 is 84.4 Å². The van der Waals surface area contributed by atoms with Gasteiger partial charge >= 0.3 is 17.8 Å². The lowest BCUT2D eigenvalue weighted by atomic mass is 9.94. The van der Waals surface area contributed by atoms with Crippen molar-refractivity contribution in [2.75, 3.05) is 0 Å². The number of benzene rings is 1. The summed E-state index contributed by atoms with van der Waals surface area (Å²) >= 11 is 1.08. The van der Waals surface area contributed by atoms with Gasteiger partial charge in [0.2, 0.25) is 5.82 Å². The number of allylic oxidation sites excluding steroid dienone is 2. The molecule has 0 N–H and O–H groups in total. The first-order chi connectivity index (χ1) is 18.5. The molecule has 0 bridgehead atoms. The van der Waals surface area contributed by atoms with Crippen molar-refractivity contribution in [1.29, 1.82) is 0 Å². The molecule has 3 heterocycles. The highest BCUT2D eigenvalue weighted by molar-refractivity contribution is 7.16. The second-order valence-electron chi connectivity index (χ2n) is 8.82. The molecule has 40 heavy (non-hydrogen) atoms. The van der Waals surface area contributed by atoms with Crippen LogP contribution in [0.2, 0.25) is 0 Å². The van der Waals surface area contributed by atoms with Crippen LogP contribution < -0.4 is 0 Å². The van der Waals surface area contributed by atoms with Gasteiger partial charge in [-0.1, -0.05) is 0 Å². The standard InChI is InChI=1S/C26H12F11NS2/c1-9-12(7-14(39-9)11-3-5-38-6-4-11)17-18(25(34,35)26(36,37)24(17,32)33)13-8-15(40-10(13)2)16-19(27)21(29)23(31)22(30)20(16)28/h3-8H,1-2H3. The molecule has 210 valence electrons. The first-order valence-corrected chi connectivity index (χ1v) is 12.7. The minimum absolute atomic E-state index is 0.0136. The predicted molar refractivity (Wildman–Crippen MR) is 128 cm³/mol. The molecule has 0 saturated carbocycles. The Labute approximate surface area is 226 Å². The SMILES string of the molecule is Cc1sc(-c2ccncc2)cc1C1=C(c2cc(-c3c(F)c(F)c(F)c(F)c3F)sc2C)C(F)(F)C(F)(F)C1(F)F. The van der Waals surface area contributed by atoms with Crippen LogP contribution >= 0.6 is 22.7 Å². The molecule has 5 rings (SSSR count). The van der Waals surface area contributed by atoms with Gasteiger partial charge in [-0.15, -0.1) is 22.7 Å². The Kier molecular flexibility index (Phi) is 6.45. The molecule has 1 nitrogen and oxygen atoms in total. The molecule has 4 aromatic rings. The fourth-order valence-corrected chi connectivity index (χ4v) is 6.59. The number of pyridine rings is 1. The van der Waals surface area contributed by atoms with E-state index in [0.717, 1.165) is 24.3 Å². The second kappa shape index (κ2) is 9.13. The van der Waals surface area contributed by atoms with Crippen LogP contribution in [-0.4, -0.2) is 22.8 Å². The fourth-order valence-electron chi connectivity index (χ4n) is 4.50. The van der Waals surface area contributed by atoms with Crippen LogP contribution in [-0.2, 0) is 0 Å². The summed E-state index contributed by atoms with van der Waals surface area (Å²) in [4.78, 5) is 2.86. The van der Waals surface area contributed by atoms with Gasteiger partial charge in [0.1, 0.15) is 0 Å². The van der Waals surface area contributed by atoms with Crippen molar-refractivity contribution in [2.24, 2.45) is 0 Å². The number of hydrogen-bond donors (Lipinski definition) is 0. The molecule has 0 atom stereocenters. The zero-order valence-corrected chi connectivity index (χ0v) is 21.5. The van der Waals surface area contributed by atoms with Crippen LogP contribution in [0.3, 0.4) is 0 Å². The largest absolute Gasteiger partial charge is 0.380 e. The molecular formula is C26H12F11NS2. The Hall–Kier alpha value is -3.26. The number of hydrogen-bond acceptors (Lipinski definition) is 3. The van der Waals surface area contributed by atoms with Crippen LogP contribution in [0.5, 0.6) is 0 Å². The molecule has 3 aromatic heterocycles. The highest BCUT2D eigenvalue weighted by Crippen LogP contribution is 2.66. The smallest absolute Gasteiger partial charge is 0.265 e. The molecule has 14 heteroatoms. The first-order valence-electron chi connectivity index (χ1n) is 11.1. The number of alkyl halides is 6. The minimum atomic E-state index is -5.92. The summed E-state index contributed by atoms with van der Waals surface area (Å²) in [5, 5.41) is 0. The highest BCUT2D eigenvalue weighted by atomic mass is 32.1. The van der Waals surface area contributed by atoms with E-state index in [0.29, 0.717) is 11.6 Å². The third-order valence-electron chi connectivity index (χ3n) is 6.46. The van der Waals surface area contributed by atoms with E-state index in [9.17, 15) is 30.7 Å². The summed E-state index contributed by atoms with van der Waals surface area (Å²) in [6.45, 7) is 2.27. The third kappa shape index (κ3) is 3.75. The number of thiophene rings is 2. The summed E-state index contributed by atoms with van der Waals surface area (Å²) in [5.41, 5.74) is -6.15. The van der Waals surface area contributed by atoms with Crippen molar-refractivity contribution in [3.05, 3.63) is 86.6 Å². The first kappa shape index (κ1) is 28.3. The van der Waals surface area contributed by atoms with E-state index in [1.54, 1.807) is 0 Å². The Morgan fingerprint density at radius 1 is 0.600 bits per heavy atom. The molecule has 0 spiro atoms. The molecule has 0 radical (unpaired) electrons. The predicted octanol–water partition coefficient (Wildman–Crippen LogP) is 9.68. The maximum Gasteiger partial charge on any atom is 0.380 e. The lowest BCUT2D eigenvalue weighted by molar-refractivity contribution is -0.254. The molecule has 1 aromatic carbocycles. The van der Waals surface area contributed by atoms with Crippen LogP contribution in [0.25, 0.3) is 32.0 Å². The normalized spacial score (nSPS) is 17.6. The van der Waals surface area contributed by atoms with Crippen LogP contribution in [0.1, 0.15) is 20.9 Å². The Balaban J connectivity index is 1.81. The van der Waals surface area contributed by atoms with Gasteiger partial charge in [0.05, 0.1) is 5.56 Å². The Morgan fingerprint density at radius 3 is 1.48 bits per heavy atom. The van der Waals surface area contributed by atoms with E-state index in [4.69, 9.17) is 0 Å². The van der Waals surface area contributed by atoms with Crippen LogP contribution in [0.15, 0.2) is 36.7 Å². The van der Waals surface area contributed by atoms with Gasteiger partial charge in [-0.05, 0) is 54.8 Å². The van der Waals surface area contributed by atoms with Crippen molar-refractivity contribution in [1.82, 2.24) is 4.98 Å². The van der Waals surface area contributed by atoms with E-state index >= 15 is 17.6 Å². The zero-order valence-electron chi connectivity index (χ0n) is 19.9. The highest BCUT2D eigenvalue weighted by Gasteiger charge is 2.80. The number of rotatable bonds is 4. The molecule has 0 unspecified atom stereocenters. The number of halogens is 11. The Bertz CT molecular complexity index is 1670. The van der Waals surface area contributed by atoms with Gasteiger partial charge < -0.3 is 0 Å². The summed E-state index contributed by atoms with van der Waals surface area (Å²) < 4.78 is 161. The number of nitrogens with zero attached hydrogens (tertiary/aromatic N) is 1. The third-order valence-corrected chi connectivity index (χ3v) is 8.63. The average molecular weight is 612 g/mol. The maximum absolute atomic E-state index is 15.3. The van der Waals surface area contributed by atoms with E-state index in [2.05, 4.69) is 4.98 Å². The minimum Gasteiger partial charge on any atom is -0.265 e. The zero-order chi connectivity index (χ0) is 29.5. The van der Waals surface area contributed by atoms with Crippen molar-refractivity contribution < 1.29 is 48.3 Å². The van der Waals surface area contributed by atoms with Crippen molar-refractivity contribution in [2.45, 2.75) is 31.6 Å². The molecule has 1 aliphatic rings. The monoisotopic (exact) mass is 611 g/mol. The Morgan fingerprint density at radius 2 is 1.00 bits per heavy atom. The summed E-state index contributed by atoms with van der Waals surface area (Å²) in [7, 11) is 0. The van der Waals surface area contributed by atoms with Crippen molar-refractivity contribution in [3.63, 3.8) is 0 Å². The van der Waals surface area contributed by atoms with Crippen LogP contribution in [0, 0.1) is 42.9 Å². The van der Waals surface area contributed by atoms with Crippen molar-refractivity contribution in [3.8, 4) is 20.9 Å². The van der Waals surface area contributed by atoms with Gasteiger partial charge in [-0.2, -0.15) is 26.3 Å². The van der Waals surface area contributed by atoms with Gasteiger partial charge in [0.15, 0.2) is 23.3 Å². The summed E-state index contributed by atoms with van der Waals surface area (Å²) in [6, 6.07) is 4.46. The van der Waals surface area contributed by atoms with Crippen LogP contribution in [0.4, 0.5) is 48.3 Å². The van der Waals surface area contributed by atoms with E-state index in [-0.39, 0.29) is 21.1 Å². The lowest BCUT2D eigenvalue weighted by Gasteiger charge is -2.25. The van der Waals surface area contributed by atoms with Gasteiger partial charge in [0.25, 0.3) is 0 Å². The lowest BCUT2D eigenvalue weighted by Crippen LogP contribution is -2.48. The topological polar surface area (TPSA) is 12.9 Å². The summed E-state index contributed by atoms with van der Waals surface area (Å²) in [6.07, 6.45) is 2.74. The van der Waals surface area contributed by atoms with Gasteiger partial charge in [0, 0.05) is 43.0 Å². The number of aryl methyl sites for hydroxylation is 2. The maximum atomic E-state index is 15.3. The van der Waals surface area contributed by atoms with E-state index in [1.165, 1.54) is 31.5 Å². The van der Waals surface area contributed by atoms with Gasteiger partial charge in [-0.25, -0.2) is 22.0 Å². The molecule has 1 aliphatic carbocycles. The molecule has 0 aliphatic heterocycles. The fraction of sp³-hybridized carbons (Fsp3) is 0.192. The number of aromatic nitrogens is 1. The summed E-state index contributed by atoms with van der Waals surface area (Å²) in [5.74, 6) is -28.6. The second-order valence-corrected chi connectivity index (χ2v) is 11.3. The van der Waals surface area contributed by atoms with Gasteiger partial charge in [-0.3, -0.25) is 4.98 Å².